The maximum atomic E-state index is 5.96. The van der Waals surface area contributed by atoms with Crippen LogP contribution in [0.1, 0.15) is 58.8 Å². The lowest BCUT2D eigenvalue weighted by molar-refractivity contribution is 0.157. The number of nitrogens with two attached hydrogens (primary N) is 1. The third kappa shape index (κ3) is 3.08. The largest absolute Gasteiger partial charge is 0.330 e. The normalized spacial score (nSPS) is 32.8. The second kappa shape index (κ2) is 6.38. The summed E-state index contributed by atoms with van der Waals surface area (Å²) in [6.07, 6.45) is 9.76. The Hall–Kier alpha value is -0.0800. The molecular formula is C16H32N2. The Balaban J connectivity index is 1.86. The van der Waals surface area contributed by atoms with Crippen molar-refractivity contribution in [2.24, 2.45) is 23.0 Å². The van der Waals surface area contributed by atoms with Crippen LogP contribution in [0.4, 0.5) is 0 Å². The van der Waals surface area contributed by atoms with Crippen molar-refractivity contribution in [1.82, 2.24) is 4.90 Å². The van der Waals surface area contributed by atoms with Gasteiger partial charge in [-0.25, -0.2) is 0 Å². The Bertz CT molecular complexity index is 247. The molecule has 2 nitrogen and oxygen atoms in total. The van der Waals surface area contributed by atoms with Gasteiger partial charge in [0.15, 0.2) is 0 Å². The summed E-state index contributed by atoms with van der Waals surface area (Å²) in [5.74, 6) is 1.69. The molecule has 0 radical (unpaired) electrons. The molecule has 18 heavy (non-hydrogen) atoms. The molecule has 2 rings (SSSR count). The van der Waals surface area contributed by atoms with Gasteiger partial charge in [-0.1, -0.05) is 26.7 Å². The highest BCUT2D eigenvalue weighted by Gasteiger charge is 2.36. The molecule has 106 valence electrons. The van der Waals surface area contributed by atoms with E-state index in [4.69, 9.17) is 5.73 Å². The molecule has 2 aliphatic rings. The van der Waals surface area contributed by atoms with E-state index in [1.54, 1.807) is 0 Å². The fourth-order valence-electron chi connectivity index (χ4n) is 4.18. The molecule has 0 aromatic heterocycles. The molecule has 2 fully saturated rings. The lowest BCUT2D eigenvalue weighted by atomic mass is 9.79. The van der Waals surface area contributed by atoms with E-state index >= 15 is 0 Å². The first kappa shape index (κ1) is 14.3. The molecule has 1 heterocycles. The predicted octanol–water partition coefficient (Wildman–Crippen LogP) is 3.26. The number of rotatable bonds is 5. The van der Waals surface area contributed by atoms with Gasteiger partial charge in [0.1, 0.15) is 0 Å². The molecule has 1 aliphatic heterocycles. The minimum Gasteiger partial charge on any atom is -0.330 e. The zero-order valence-electron chi connectivity index (χ0n) is 12.5. The molecule has 2 atom stereocenters. The van der Waals surface area contributed by atoms with Crippen LogP contribution in [0.15, 0.2) is 0 Å². The van der Waals surface area contributed by atoms with Crippen molar-refractivity contribution in [3.63, 3.8) is 0 Å². The Morgan fingerprint density at radius 1 is 1.11 bits per heavy atom. The highest BCUT2D eigenvalue weighted by atomic mass is 15.2. The quantitative estimate of drug-likeness (QED) is 0.814. The van der Waals surface area contributed by atoms with Crippen LogP contribution in [0.25, 0.3) is 0 Å². The summed E-state index contributed by atoms with van der Waals surface area (Å²) in [6.45, 7) is 9.64. The van der Waals surface area contributed by atoms with Crippen LogP contribution in [-0.4, -0.2) is 31.1 Å². The van der Waals surface area contributed by atoms with Gasteiger partial charge in [0.2, 0.25) is 0 Å². The van der Waals surface area contributed by atoms with Crippen LogP contribution < -0.4 is 5.73 Å². The van der Waals surface area contributed by atoms with Crippen LogP contribution in [0.5, 0.6) is 0 Å². The fraction of sp³-hybridized carbons (Fsp3) is 1.00. The van der Waals surface area contributed by atoms with Crippen molar-refractivity contribution in [3.05, 3.63) is 0 Å². The van der Waals surface area contributed by atoms with E-state index in [1.807, 2.05) is 0 Å². The van der Waals surface area contributed by atoms with Gasteiger partial charge in [0, 0.05) is 13.1 Å². The monoisotopic (exact) mass is 252 g/mol. The van der Waals surface area contributed by atoms with Crippen LogP contribution in [-0.2, 0) is 0 Å². The van der Waals surface area contributed by atoms with Gasteiger partial charge in [-0.2, -0.15) is 0 Å². The van der Waals surface area contributed by atoms with Gasteiger partial charge in [0.25, 0.3) is 0 Å². The zero-order chi connectivity index (χ0) is 13.0. The number of hydrogen-bond acceptors (Lipinski definition) is 2. The van der Waals surface area contributed by atoms with Crippen molar-refractivity contribution >= 4 is 0 Å². The third-order valence-electron chi connectivity index (χ3n) is 5.88. The summed E-state index contributed by atoms with van der Waals surface area (Å²) in [4.78, 5) is 2.74. The van der Waals surface area contributed by atoms with Crippen molar-refractivity contribution in [2.75, 3.05) is 26.2 Å². The molecule has 2 N–H and O–H groups in total. The van der Waals surface area contributed by atoms with E-state index in [1.165, 1.54) is 64.6 Å². The van der Waals surface area contributed by atoms with Crippen LogP contribution >= 0.6 is 0 Å². The average molecular weight is 252 g/mol. The molecule has 0 spiro atoms. The van der Waals surface area contributed by atoms with Gasteiger partial charge < -0.3 is 10.6 Å². The van der Waals surface area contributed by atoms with Crippen LogP contribution in [0, 0.1) is 17.3 Å². The molecule has 0 aromatic rings. The second-order valence-corrected chi connectivity index (χ2v) is 6.73. The Kier molecular flexibility index (Phi) is 5.08. The first-order valence-corrected chi connectivity index (χ1v) is 8.15. The van der Waals surface area contributed by atoms with E-state index in [9.17, 15) is 0 Å². The van der Waals surface area contributed by atoms with E-state index in [-0.39, 0.29) is 0 Å². The summed E-state index contributed by atoms with van der Waals surface area (Å²) in [7, 11) is 0. The topological polar surface area (TPSA) is 29.3 Å². The average Bonchev–Trinajstić information content (AvgIpc) is 2.83. The van der Waals surface area contributed by atoms with E-state index in [0.29, 0.717) is 5.41 Å². The molecule has 2 heteroatoms. The standard InChI is InChI=1S/C16H32N2/c1-3-16(4-2)9-10-18(13-16)12-15-8-6-5-7-14(15)11-17/h14-15H,3-13,17H2,1-2H3. The fourth-order valence-corrected chi connectivity index (χ4v) is 4.18. The maximum absolute atomic E-state index is 5.96. The van der Waals surface area contributed by atoms with Crippen molar-refractivity contribution < 1.29 is 0 Å². The smallest absolute Gasteiger partial charge is 0.00384 e. The molecule has 0 bridgehead atoms. The van der Waals surface area contributed by atoms with Crippen LogP contribution in [0.2, 0.25) is 0 Å². The first-order chi connectivity index (χ1) is 8.73. The van der Waals surface area contributed by atoms with Gasteiger partial charge in [-0.15, -0.1) is 0 Å². The summed E-state index contributed by atoms with van der Waals surface area (Å²) in [5, 5.41) is 0. The van der Waals surface area contributed by atoms with E-state index < -0.39 is 0 Å². The summed E-state index contributed by atoms with van der Waals surface area (Å²) < 4.78 is 0. The molecule has 1 saturated carbocycles. The number of likely N-dealkylation sites (tertiary alicyclic amines) is 1. The van der Waals surface area contributed by atoms with E-state index in [2.05, 4.69) is 18.7 Å². The van der Waals surface area contributed by atoms with E-state index in [0.717, 1.165) is 18.4 Å². The summed E-state index contributed by atoms with van der Waals surface area (Å²) >= 11 is 0. The number of nitrogens with zero attached hydrogens (tertiary/aromatic N) is 1. The van der Waals surface area contributed by atoms with Gasteiger partial charge in [-0.3, -0.25) is 0 Å². The molecular weight excluding hydrogens is 220 g/mol. The highest BCUT2D eigenvalue weighted by Crippen LogP contribution is 2.38. The van der Waals surface area contributed by atoms with Crippen molar-refractivity contribution in [3.8, 4) is 0 Å². The Morgan fingerprint density at radius 3 is 2.33 bits per heavy atom. The molecule has 1 saturated heterocycles. The molecule has 0 amide bonds. The number of hydrogen-bond donors (Lipinski definition) is 1. The molecule has 1 aliphatic carbocycles. The third-order valence-corrected chi connectivity index (χ3v) is 5.88. The van der Waals surface area contributed by atoms with Gasteiger partial charge >= 0.3 is 0 Å². The second-order valence-electron chi connectivity index (χ2n) is 6.73. The van der Waals surface area contributed by atoms with Crippen molar-refractivity contribution in [1.29, 1.82) is 0 Å². The Labute approximate surface area is 113 Å². The van der Waals surface area contributed by atoms with Gasteiger partial charge in [0.05, 0.1) is 0 Å². The lowest BCUT2D eigenvalue weighted by Crippen LogP contribution is -2.37. The molecule has 2 unspecified atom stereocenters. The zero-order valence-corrected chi connectivity index (χ0v) is 12.5. The minimum atomic E-state index is 0.632. The SMILES string of the molecule is CCC1(CC)CCN(CC2CCCCC2CN)C1. The highest BCUT2D eigenvalue weighted by molar-refractivity contribution is 4.90. The van der Waals surface area contributed by atoms with Crippen molar-refractivity contribution in [2.45, 2.75) is 58.8 Å². The first-order valence-electron chi connectivity index (χ1n) is 8.15. The summed E-state index contributed by atoms with van der Waals surface area (Å²) in [6, 6.07) is 0. The molecule has 0 aromatic carbocycles. The summed E-state index contributed by atoms with van der Waals surface area (Å²) in [5.41, 5.74) is 6.59. The Morgan fingerprint density at radius 2 is 1.78 bits per heavy atom. The maximum Gasteiger partial charge on any atom is 0.00384 e. The van der Waals surface area contributed by atoms with Crippen LogP contribution in [0.3, 0.4) is 0 Å². The van der Waals surface area contributed by atoms with Gasteiger partial charge in [-0.05, 0) is 62.4 Å². The predicted molar refractivity (Wildman–Crippen MR) is 78.6 cm³/mol. The lowest BCUT2D eigenvalue weighted by Gasteiger charge is -2.34. The minimum absolute atomic E-state index is 0.632.